The van der Waals surface area contributed by atoms with Crippen LogP contribution < -0.4 is 0 Å². The van der Waals surface area contributed by atoms with Crippen molar-refractivity contribution in [3.05, 3.63) is 0 Å². The van der Waals surface area contributed by atoms with Gasteiger partial charge in [-0.25, -0.2) is 0 Å². The van der Waals surface area contributed by atoms with Gasteiger partial charge in [0.1, 0.15) is 0 Å². The van der Waals surface area contributed by atoms with E-state index in [2.05, 4.69) is 6.92 Å². The average molecular weight is 196 g/mol. The molecule has 0 saturated carbocycles. The Labute approximate surface area is 70.8 Å². The van der Waals surface area contributed by atoms with Gasteiger partial charge in [-0.15, -0.1) is 0 Å². The van der Waals surface area contributed by atoms with E-state index in [1.807, 2.05) is 0 Å². The lowest BCUT2D eigenvalue weighted by atomic mass is 10.6. The van der Waals surface area contributed by atoms with Crippen molar-refractivity contribution in [3.8, 4) is 0 Å². The number of rotatable bonds is 6. The second kappa shape index (κ2) is 5.74. The predicted octanol–water partition coefficient (Wildman–Crippen LogP) is 0.680. The fraction of sp³-hybridized carbons (Fsp3) is 1.00. The molecule has 0 spiro atoms. The molecule has 0 aromatic carbocycles. The van der Waals surface area contributed by atoms with E-state index in [4.69, 9.17) is 4.55 Å². The standard InChI is InChI=1S/C6H16O3SSi/c1-2-5-11-6-3-4-10(7,8)9/h2-6,11H2,1H3,(H,7,8,9). The predicted molar refractivity (Wildman–Crippen MR) is 49.5 cm³/mol. The molecule has 0 fully saturated rings. The van der Waals surface area contributed by atoms with Crippen LogP contribution in [0.5, 0.6) is 0 Å². The molecule has 0 aliphatic carbocycles. The highest BCUT2D eigenvalue weighted by Gasteiger charge is 2.02. The van der Waals surface area contributed by atoms with Crippen molar-refractivity contribution < 1.29 is 13.0 Å². The van der Waals surface area contributed by atoms with Crippen molar-refractivity contribution in [2.45, 2.75) is 31.9 Å². The number of hydrogen-bond donors (Lipinski definition) is 1. The molecule has 0 bridgehead atoms. The summed E-state index contributed by atoms with van der Waals surface area (Å²) in [6.07, 6.45) is 1.85. The Kier molecular flexibility index (Phi) is 5.80. The van der Waals surface area contributed by atoms with E-state index in [9.17, 15) is 8.42 Å². The molecule has 0 aromatic heterocycles. The lowest BCUT2D eigenvalue weighted by Gasteiger charge is -1.96. The molecule has 5 heteroatoms. The summed E-state index contributed by atoms with van der Waals surface area (Å²) in [4.78, 5) is 0. The first kappa shape index (κ1) is 11.1. The van der Waals surface area contributed by atoms with Gasteiger partial charge in [-0.1, -0.05) is 25.4 Å². The van der Waals surface area contributed by atoms with Crippen molar-refractivity contribution in [2.75, 3.05) is 5.75 Å². The normalized spacial score (nSPS) is 12.9. The molecule has 68 valence electrons. The average Bonchev–Trinajstić information content (AvgIpc) is 1.85. The van der Waals surface area contributed by atoms with Crippen LogP contribution in [0.25, 0.3) is 0 Å². The third-order valence-electron chi connectivity index (χ3n) is 1.51. The molecule has 0 atom stereocenters. The van der Waals surface area contributed by atoms with Gasteiger partial charge in [-0.05, 0) is 6.42 Å². The van der Waals surface area contributed by atoms with E-state index in [1.165, 1.54) is 12.5 Å². The summed E-state index contributed by atoms with van der Waals surface area (Å²) >= 11 is 0. The maximum atomic E-state index is 10.2. The summed E-state index contributed by atoms with van der Waals surface area (Å²) in [7, 11) is -3.72. The van der Waals surface area contributed by atoms with Gasteiger partial charge in [-0.2, -0.15) is 8.42 Å². The van der Waals surface area contributed by atoms with Crippen molar-refractivity contribution in [1.82, 2.24) is 0 Å². The van der Waals surface area contributed by atoms with Gasteiger partial charge in [0.05, 0.1) is 5.75 Å². The van der Waals surface area contributed by atoms with Gasteiger partial charge in [0.25, 0.3) is 10.1 Å². The van der Waals surface area contributed by atoms with Crippen molar-refractivity contribution in [3.63, 3.8) is 0 Å². The van der Waals surface area contributed by atoms with Gasteiger partial charge in [-0.3, -0.25) is 4.55 Å². The second-order valence-corrected chi connectivity index (χ2v) is 6.39. The third kappa shape index (κ3) is 10.1. The summed E-state index contributed by atoms with van der Waals surface area (Å²) in [6, 6.07) is 2.32. The minimum absolute atomic E-state index is 0.0332. The number of hydrogen-bond acceptors (Lipinski definition) is 2. The molecule has 0 radical (unpaired) electrons. The Morgan fingerprint density at radius 2 is 2.00 bits per heavy atom. The smallest absolute Gasteiger partial charge is 0.264 e. The van der Waals surface area contributed by atoms with E-state index in [0.29, 0.717) is 6.42 Å². The first-order valence-electron chi connectivity index (χ1n) is 4.01. The summed E-state index contributed by atoms with van der Waals surface area (Å²) in [5.41, 5.74) is 0. The van der Waals surface area contributed by atoms with E-state index in [0.717, 1.165) is 6.04 Å². The van der Waals surface area contributed by atoms with Crippen LogP contribution in [0.3, 0.4) is 0 Å². The van der Waals surface area contributed by atoms with Gasteiger partial charge in [0.15, 0.2) is 0 Å². The molecule has 1 N–H and O–H groups in total. The minimum atomic E-state index is -3.69. The van der Waals surface area contributed by atoms with Crippen molar-refractivity contribution in [1.29, 1.82) is 0 Å². The van der Waals surface area contributed by atoms with Crippen LogP contribution in [-0.2, 0) is 10.1 Å². The molecule has 0 aromatic rings. The Balaban J connectivity index is 3.16. The summed E-state index contributed by atoms with van der Waals surface area (Å²) in [5, 5.41) is 0. The fourth-order valence-corrected chi connectivity index (χ4v) is 3.28. The van der Waals surface area contributed by atoms with E-state index in [-0.39, 0.29) is 15.3 Å². The Hall–Kier alpha value is 0.127. The van der Waals surface area contributed by atoms with Crippen LogP contribution >= 0.6 is 0 Å². The maximum absolute atomic E-state index is 10.2. The lowest BCUT2D eigenvalue weighted by Crippen LogP contribution is -2.04. The van der Waals surface area contributed by atoms with Gasteiger partial charge in [0.2, 0.25) is 0 Å². The molecular formula is C6H16O3SSi. The Bertz CT molecular complexity index is 176. The molecule has 0 aliphatic heterocycles. The second-order valence-electron chi connectivity index (χ2n) is 2.70. The zero-order valence-electron chi connectivity index (χ0n) is 6.91. The molecule has 0 unspecified atom stereocenters. The van der Waals surface area contributed by atoms with Crippen LogP contribution in [0, 0.1) is 0 Å². The summed E-state index contributed by atoms with van der Waals surface area (Å²) in [5.74, 6) is -0.0519. The fourth-order valence-electron chi connectivity index (χ4n) is 0.888. The molecule has 3 nitrogen and oxygen atoms in total. The van der Waals surface area contributed by atoms with Crippen molar-refractivity contribution >= 4 is 19.6 Å². The Morgan fingerprint density at radius 1 is 1.36 bits per heavy atom. The van der Waals surface area contributed by atoms with Crippen LogP contribution in [0.2, 0.25) is 12.1 Å². The zero-order valence-corrected chi connectivity index (χ0v) is 9.15. The monoisotopic (exact) mass is 196 g/mol. The highest BCUT2D eigenvalue weighted by Crippen LogP contribution is 1.97. The molecule has 0 amide bonds. The first-order valence-corrected chi connectivity index (χ1v) is 7.62. The quantitative estimate of drug-likeness (QED) is 0.386. The molecule has 0 rings (SSSR count). The van der Waals surface area contributed by atoms with Crippen LogP contribution in [0.1, 0.15) is 19.8 Å². The maximum Gasteiger partial charge on any atom is 0.264 e. The van der Waals surface area contributed by atoms with E-state index in [1.54, 1.807) is 0 Å². The highest BCUT2D eigenvalue weighted by molar-refractivity contribution is 7.85. The van der Waals surface area contributed by atoms with Crippen LogP contribution in [0.4, 0.5) is 0 Å². The molecule has 0 saturated heterocycles. The lowest BCUT2D eigenvalue weighted by molar-refractivity contribution is 0.482. The van der Waals surface area contributed by atoms with Gasteiger partial charge < -0.3 is 0 Å². The van der Waals surface area contributed by atoms with Crippen LogP contribution in [0.15, 0.2) is 0 Å². The van der Waals surface area contributed by atoms with Gasteiger partial charge in [0, 0.05) is 9.52 Å². The van der Waals surface area contributed by atoms with E-state index >= 15 is 0 Å². The summed E-state index contributed by atoms with van der Waals surface area (Å²) in [6.45, 7) is 2.13. The topological polar surface area (TPSA) is 54.4 Å². The molecule has 0 heterocycles. The molecular weight excluding hydrogens is 180 g/mol. The largest absolute Gasteiger partial charge is 0.286 e. The van der Waals surface area contributed by atoms with Crippen molar-refractivity contribution in [2.24, 2.45) is 0 Å². The first-order chi connectivity index (χ1) is 5.06. The third-order valence-corrected chi connectivity index (χ3v) is 4.52. The van der Waals surface area contributed by atoms with E-state index < -0.39 is 10.1 Å². The molecule has 11 heavy (non-hydrogen) atoms. The Morgan fingerprint density at radius 3 is 2.45 bits per heavy atom. The highest BCUT2D eigenvalue weighted by atomic mass is 32.2. The zero-order chi connectivity index (χ0) is 8.74. The SMILES string of the molecule is CCC[SiH2]CCCS(=O)(=O)O. The summed E-state index contributed by atoms with van der Waals surface area (Å²) < 4.78 is 28.8. The van der Waals surface area contributed by atoms with Gasteiger partial charge >= 0.3 is 0 Å². The molecule has 0 aliphatic rings. The van der Waals surface area contributed by atoms with Crippen LogP contribution in [-0.4, -0.2) is 28.2 Å². The minimum Gasteiger partial charge on any atom is -0.286 e.